The Labute approximate surface area is 207 Å². The van der Waals surface area contributed by atoms with Crippen LogP contribution in [0.2, 0.25) is 0 Å². The summed E-state index contributed by atoms with van der Waals surface area (Å²) in [5.74, 6) is 0.505. The van der Waals surface area contributed by atoms with E-state index in [0.29, 0.717) is 23.7 Å². The van der Waals surface area contributed by atoms with Gasteiger partial charge in [-0.3, -0.25) is 9.69 Å². The third-order valence-electron chi connectivity index (χ3n) is 8.54. The van der Waals surface area contributed by atoms with E-state index in [1.165, 1.54) is 55.2 Å². The van der Waals surface area contributed by atoms with Gasteiger partial charge in [0, 0.05) is 25.0 Å². The molecule has 0 N–H and O–H groups in total. The minimum Gasteiger partial charge on any atom is -0.379 e. The van der Waals surface area contributed by atoms with Gasteiger partial charge < -0.3 is 4.74 Å². The number of benzene rings is 1. The molecule has 1 unspecified atom stereocenters. The van der Waals surface area contributed by atoms with Crippen LogP contribution < -0.4 is 0 Å². The first-order chi connectivity index (χ1) is 17.2. The monoisotopic (exact) mass is 472 g/mol. The van der Waals surface area contributed by atoms with Crippen LogP contribution in [0.1, 0.15) is 98.0 Å². The van der Waals surface area contributed by atoms with Gasteiger partial charge in [-0.25, -0.2) is 9.67 Å². The predicted molar refractivity (Wildman–Crippen MR) is 138 cm³/mol. The van der Waals surface area contributed by atoms with E-state index in [9.17, 15) is 4.79 Å². The Hall–Kier alpha value is -2.57. The second kappa shape index (κ2) is 9.82. The lowest BCUT2D eigenvalue weighted by molar-refractivity contribution is 0.0198. The Balaban J connectivity index is 1.43. The lowest BCUT2D eigenvalue weighted by Crippen LogP contribution is -2.37. The van der Waals surface area contributed by atoms with Gasteiger partial charge in [-0.2, -0.15) is 5.10 Å². The van der Waals surface area contributed by atoms with Crippen LogP contribution in [0.3, 0.4) is 0 Å². The summed E-state index contributed by atoms with van der Waals surface area (Å²) in [5.41, 5.74) is 6.16. The molecule has 2 aliphatic carbocycles. The molecule has 6 heteroatoms. The van der Waals surface area contributed by atoms with E-state index in [4.69, 9.17) is 14.8 Å². The van der Waals surface area contributed by atoms with Crippen LogP contribution in [0.5, 0.6) is 0 Å². The van der Waals surface area contributed by atoms with Crippen LogP contribution >= 0.6 is 0 Å². The van der Waals surface area contributed by atoms with Crippen molar-refractivity contribution in [1.29, 1.82) is 0 Å². The van der Waals surface area contributed by atoms with Crippen LogP contribution in [0.4, 0.5) is 0 Å². The topological polar surface area (TPSA) is 60.2 Å². The van der Waals surface area contributed by atoms with Gasteiger partial charge in [0.25, 0.3) is 0 Å². The smallest absolute Gasteiger partial charge is 0.168 e. The largest absolute Gasteiger partial charge is 0.379 e. The number of fused-ring (bicyclic) bond motifs is 1. The summed E-state index contributed by atoms with van der Waals surface area (Å²) in [4.78, 5) is 19.3. The Morgan fingerprint density at radius 3 is 2.40 bits per heavy atom. The van der Waals surface area contributed by atoms with E-state index in [0.717, 1.165) is 62.2 Å². The molecule has 6 nitrogen and oxygen atoms in total. The average Bonchev–Trinajstić information content (AvgIpc) is 3.26. The molecule has 3 fully saturated rings. The predicted octanol–water partition coefficient (Wildman–Crippen LogP) is 6.08. The normalized spacial score (nSPS) is 21.2. The highest BCUT2D eigenvalue weighted by Crippen LogP contribution is 2.44. The Bertz CT molecular complexity index is 1190. The zero-order chi connectivity index (χ0) is 23.8. The number of rotatable bonds is 6. The Morgan fingerprint density at radius 2 is 1.74 bits per heavy atom. The zero-order valence-corrected chi connectivity index (χ0v) is 20.8. The molecule has 1 atom stereocenters. The molecule has 2 saturated carbocycles. The molecule has 0 amide bonds. The van der Waals surface area contributed by atoms with Crippen molar-refractivity contribution in [3.05, 3.63) is 47.3 Å². The maximum Gasteiger partial charge on any atom is 0.168 e. The summed E-state index contributed by atoms with van der Waals surface area (Å²) in [6.45, 7) is 5.84. The van der Waals surface area contributed by atoms with Gasteiger partial charge in [-0.05, 0) is 55.4 Å². The standard InChI is InChI=1S/C29H36N4O2/c1-20(32-14-16-35-17-15-32)21-10-12-22(13-11-21)26-18-24(19-34)30-29-27(26)28(23-6-5-7-23)31-33(29)25-8-3-2-4-9-25/h10-13,18-20,23,25H,2-9,14-17H2,1H3. The van der Waals surface area contributed by atoms with E-state index in [-0.39, 0.29) is 0 Å². The molecule has 35 heavy (non-hydrogen) atoms. The van der Waals surface area contributed by atoms with Gasteiger partial charge >= 0.3 is 0 Å². The number of aromatic nitrogens is 3. The summed E-state index contributed by atoms with van der Waals surface area (Å²) in [5, 5.41) is 6.39. The van der Waals surface area contributed by atoms with Gasteiger partial charge in [-0.15, -0.1) is 0 Å². The van der Waals surface area contributed by atoms with Gasteiger partial charge in [0.05, 0.1) is 30.3 Å². The number of carbonyl (C=O) groups excluding carboxylic acids is 1. The number of carbonyl (C=O) groups is 1. The van der Waals surface area contributed by atoms with Crippen molar-refractivity contribution in [1.82, 2.24) is 19.7 Å². The van der Waals surface area contributed by atoms with Crippen molar-refractivity contribution in [3.8, 4) is 11.1 Å². The third-order valence-corrected chi connectivity index (χ3v) is 8.54. The molecule has 1 aromatic carbocycles. The number of ether oxygens (including phenoxy) is 1. The Morgan fingerprint density at radius 1 is 1.00 bits per heavy atom. The number of hydrogen-bond acceptors (Lipinski definition) is 5. The van der Waals surface area contributed by atoms with Crippen molar-refractivity contribution >= 4 is 17.3 Å². The number of morpholine rings is 1. The summed E-state index contributed by atoms with van der Waals surface area (Å²) in [7, 11) is 0. The van der Waals surface area contributed by atoms with Crippen molar-refractivity contribution in [3.63, 3.8) is 0 Å². The summed E-state index contributed by atoms with van der Waals surface area (Å²) < 4.78 is 7.72. The Kier molecular flexibility index (Phi) is 6.42. The van der Waals surface area contributed by atoms with Crippen LogP contribution in [0, 0.1) is 0 Å². The SMILES string of the molecule is CC(c1ccc(-c2cc(C=O)nc3c2c(C2CCC2)nn3C2CCCCC2)cc1)N1CCOCC1. The van der Waals surface area contributed by atoms with Crippen LogP contribution in [0.25, 0.3) is 22.2 Å². The van der Waals surface area contributed by atoms with E-state index in [2.05, 4.69) is 40.8 Å². The molecule has 2 aromatic heterocycles. The lowest BCUT2D eigenvalue weighted by Gasteiger charge is -2.32. The van der Waals surface area contributed by atoms with Gasteiger partial charge in [0.15, 0.2) is 11.9 Å². The van der Waals surface area contributed by atoms with Crippen LogP contribution in [-0.2, 0) is 4.74 Å². The quantitative estimate of drug-likeness (QED) is 0.407. The van der Waals surface area contributed by atoms with Crippen LogP contribution in [-0.4, -0.2) is 52.3 Å². The highest BCUT2D eigenvalue weighted by Gasteiger charge is 2.30. The first kappa shape index (κ1) is 22.9. The molecule has 6 rings (SSSR count). The summed E-state index contributed by atoms with van der Waals surface area (Å²) in [6.07, 6.45) is 10.6. The first-order valence-corrected chi connectivity index (χ1v) is 13.5. The first-order valence-electron chi connectivity index (χ1n) is 13.5. The fraction of sp³-hybridized carbons (Fsp3) is 0.552. The molecular formula is C29H36N4O2. The minimum atomic E-state index is 0.357. The molecule has 3 aromatic rings. The second-order valence-corrected chi connectivity index (χ2v) is 10.6. The molecule has 3 heterocycles. The van der Waals surface area contributed by atoms with Crippen LogP contribution in [0.15, 0.2) is 30.3 Å². The maximum absolute atomic E-state index is 11.9. The number of pyridine rings is 1. The number of nitrogens with zero attached hydrogens (tertiary/aromatic N) is 4. The van der Waals surface area contributed by atoms with Gasteiger partial charge in [0.2, 0.25) is 0 Å². The minimum absolute atomic E-state index is 0.357. The van der Waals surface area contributed by atoms with E-state index in [1.54, 1.807) is 0 Å². The second-order valence-electron chi connectivity index (χ2n) is 10.6. The van der Waals surface area contributed by atoms with Gasteiger partial charge in [-0.1, -0.05) is 49.9 Å². The molecule has 0 spiro atoms. The highest BCUT2D eigenvalue weighted by molar-refractivity contribution is 5.98. The zero-order valence-electron chi connectivity index (χ0n) is 20.8. The molecule has 0 radical (unpaired) electrons. The number of hydrogen-bond donors (Lipinski definition) is 0. The lowest BCUT2D eigenvalue weighted by atomic mass is 9.81. The third kappa shape index (κ3) is 4.31. The summed E-state index contributed by atoms with van der Waals surface area (Å²) in [6, 6.07) is 11.7. The fourth-order valence-corrected chi connectivity index (χ4v) is 6.14. The average molecular weight is 473 g/mol. The van der Waals surface area contributed by atoms with Gasteiger partial charge in [0.1, 0.15) is 5.69 Å². The van der Waals surface area contributed by atoms with Crippen molar-refractivity contribution in [2.75, 3.05) is 26.3 Å². The summed E-state index contributed by atoms with van der Waals surface area (Å²) >= 11 is 0. The molecular weight excluding hydrogens is 436 g/mol. The van der Waals surface area contributed by atoms with E-state index < -0.39 is 0 Å². The van der Waals surface area contributed by atoms with Crippen molar-refractivity contribution in [2.45, 2.75) is 76.3 Å². The number of aldehydes is 1. The highest BCUT2D eigenvalue weighted by atomic mass is 16.5. The van der Waals surface area contributed by atoms with Crippen molar-refractivity contribution in [2.24, 2.45) is 0 Å². The molecule has 184 valence electrons. The van der Waals surface area contributed by atoms with E-state index >= 15 is 0 Å². The molecule has 1 saturated heterocycles. The van der Waals surface area contributed by atoms with Crippen molar-refractivity contribution < 1.29 is 9.53 Å². The maximum atomic E-state index is 11.9. The fourth-order valence-electron chi connectivity index (χ4n) is 6.14. The molecule has 0 bridgehead atoms. The molecule has 3 aliphatic rings. The van der Waals surface area contributed by atoms with E-state index in [1.807, 2.05) is 6.07 Å². The molecule has 1 aliphatic heterocycles.